The van der Waals surface area contributed by atoms with Gasteiger partial charge in [0.25, 0.3) is 5.91 Å². The number of rotatable bonds is 5. The van der Waals surface area contributed by atoms with Crippen LogP contribution < -0.4 is 16.6 Å². The topological polar surface area (TPSA) is 119 Å². The fourth-order valence-corrected chi connectivity index (χ4v) is 4.57. The van der Waals surface area contributed by atoms with Gasteiger partial charge in [-0.3, -0.25) is 25.0 Å². The molecule has 0 unspecified atom stereocenters. The second-order valence-electron chi connectivity index (χ2n) is 8.87. The average molecular weight is 485 g/mol. The Morgan fingerprint density at radius 3 is 2.78 bits per heavy atom. The molecule has 1 fully saturated rings. The molecule has 0 saturated carbocycles. The Morgan fingerprint density at radius 2 is 2.03 bits per heavy atom. The van der Waals surface area contributed by atoms with Crippen LogP contribution in [0.4, 0.5) is 5.82 Å². The monoisotopic (exact) mass is 484 g/mol. The Kier molecular flexibility index (Phi) is 6.26. The van der Waals surface area contributed by atoms with Gasteiger partial charge in [0, 0.05) is 30.4 Å². The van der Waals surface area contributed by atoms with E-state index < -0.39 is 0 Å². The Morgan fingerprint density at radius 1 is 1.22 bits per heavy atom. The first-order chi connectivity index (χ1) is 17.4. The minimum Gasteiger partial charge on any atom is -0.337 e. The van der Waals surface area contributed by atoms with Crippen molar-refractivity contribution in [3.8, 4) is 0 Å². The van der Waals surface area contributed by atoms with E-state index in [4.69, 9.17) is 5.84 Å². The van der Waals surface area contributed by atoms with E-state index in [1.165, 1.54) is 5.01 Å². The maximum absolute atomic E-state index is 12.7. The van der Waals surface area contributed by atoms with Crippen molar-refractivity contribution in [2.24, 2.45) is 10.8 Å². The third kappa shape index (κ3) is 4.46. The minimum atomic E-state index is -0.235. The molecule has 1 saturated heterocycles. The van der Waals surface area contributed by atoms with E-state index in [9.17, 15) is 9.59 Å². The third-order valence-corrected chi connectivity index (χ3v) is 6.36. The summed E-state index contributed by atoms with van der Waals surface area (Å²) in [5, 5.41) is 6.35. The summed E-state index contributed by atoms with van der Waals surface area (Å²) in [6.07, 6.45) is 9.15. The molecule has 2 aromatic rings. The zero-order valence-corrected chi connectivity index (χ0v) is 20.2. The molecule has 184 valence electrons. The number of pyridine rings is 1. The second kappa shape index (κ2) is 9.67. The number of aryl methyl sites for hydroxylation is 1. The van der Waals surface area contributed by atoms with E-state index >= 15 is 0 Å². The first kappa shape index (κ1) is 23.3. The standard InChI is InChI=1S/C26H28N8O2/c1-3-4-23(35)32-12-10-20(15-32)34-21-14-28-16-33(27)25(21)24(31-34)18-5-7-19(8-6-18)26(36)30-22-13-17(2)9-11-29-22/h3-9,11,13-14,16,20,31H,10,12,15,27H2,1-2H3,(H,29,30,36)/b4-3+/t20-/m1/s1. The average Bonchev–Trinajstić information content (AvgIpc) is 3.50. The summed E-state index contributed by atoms with van der Waals surface area (Å²) in [5.41, 5.74) is 8.32. The maximum Gasteiger partial charge on any atom is 0.256 e. The molecule has 0 bridgehead atoms. The van der Waals surface area contributed by atoms with Crippen LogP contribution in [0, 0.1) is 6.92 Å². The number of amides is 2. The van der Waals surface area contributed by atoms with Crippen LogP contribution in [0.1, 0.15) is 34.8 Å². The van der Waals surface area contributed by atoms with Crippen LogP contribution in [0.3, 0.4) is 0 Å². The van der Waals surface area contributed by atoms with Crippen molar-refractivity contribution in [2.75, 3.05) is 18.4 Å². The van der Waals surface area contributed by atoms with E-state index in [2.05, 4.69) is 20.7 Å². The van der Waals surface area contributed by atoms with E-state index in [1.54, 1.807) is 43.0 Å². The van der Waals surface area contributed by atoms with E-state index in [0.717, 1.165) is 34.6 Å². The highest BCUT2D eigenvalue weighted by Crippen LogP contribution is 2.36. The number of aromatic nitrogens is 1. The van der Waals surface area contributed by atoms with Crippen LogP contribution in [0.2, 0.25) is 0 Å². The lowest BCUT2D eigenvalue weighted by atomic mass is 10.1. The number of benzene rings is 1. The number of hydrogen-bond acceptors (Lipinski definition) is 8. The first-order valence-electron chi connectivity index (χ1n) is 11.8. The van der Waals surface area contributed by atoms with Crippen molar-refractivity contribution >= 4 is 29.7 Å². The lowest BCUT2D eigenvalue weighted by Gasteiger charge is -2.30. The van der Waals surface area contributed by atoms with Gasteiger partial charge >= 0.3 is 0 Å². The SMILES string of the molecule is C/C=C/C(=O)N1CC[C@@H](N2NC(c3ccc(C(=O)Nc4cc(C)ccn4)cc3)=C3C2=CN=CN3N)C1. The highest BCUT2D eigenvalue weighted by molar-refractivity contribution is 6.04. The number of nitrogens with zero attached hydrogens (tertiary/aromatic N) is 5. The number of hydrogen-bond donors (Lipinski definition) is 3. The first-order valence-corrected chi connectivity index (χ1v) is 11.8. The zero-order chi connectivity index (χ0) is 25.2. The predicted octanol–water partition coefficient (Wildman–Crippen LogP) is 2.37. The van der Waals surface area contributed by atoms with Gasteiger partial charge in [-0.15, -0.1) is 0 Å². The number of fused-ring (bicyclic) bond motifs is 1. The van der Waals surface area contributed by atoms with Gasteiger partial charge in [-0.2, -0.15) is 0 Å². The van der Waals surface area contributed by atoms with E-state index in [0.29, 0.717) is 24.5 Å². The molecule has 36 heavy (non-hydrogen) atoms. The summed E-state index contributed by atoms with van der Waals surface area (Å²) in [4.78, 5) is 35.3. The molecular formula is C26H28N8O2. The van der Waals surface area contributed by atoms with Crippen LogP contribution in [-0.4, -0.2) is 57.2 Å². The molecule has 0 spiro atoms. The molecule has 3 aliphatic heterocycles. The summed E-state index contributed by atoms with van der Waals surface area (Å²) in [5.74, 6) is 6.56. The number of aliphatic imine (C=N–C) groups is 1. The summed E-state index contributed by atoms with van der Waals surface area (Å²) < 4.78 is 0. The van der Waals surface area contributed by atoms with Crippen LogP contribution in [0.25, 0.3) is 5.70 Å². The number of hydrazine groups is 2. The maximum atomic E-state index is 12.7. The molecular weight excluding hydrogens is 456 g/mol. The van der Waals surface area contributed by atoms with E-state index in [1.807, 2.05) is 48.0 Å². The number of allylic oxidation sites excluding steroid dienone is 1. The van der Waals surface area contributed by atoms with Gasteiger partial charge in [0.05, 0.1) is 17.9 Å². The molecule has 1 atom stereocenters. The van der Waals surface area contributed by atoms with Gasteiger partial charge in [-0.05, 0) is 56.2 Å². The summed E-state index contributed by atoms with van der Waals surface area (Å²) in [7, 11) is 0. The summed E-state index contributed by atoms with van der Waals surface area (Å²) in [6.45, 7) is 5.06. The number of likely N-dealkylation sites (tertiary alicyclic amines) is 1. The van der Waals surface area contributed by atoms with Gasteiger partial charge in [0.15, 0.2) is 0 Å². The van der Waals surface area contributed by atoms with Crippen LogP contribution >= 0.6 is 0 Å². The normalized spacial score (nSPS) is 19.0. The molecule has 2 amide bonds. The predicted molar refractivity (Wildman–Crippen MR) is 138 cm³/mol. The van der Waals surface area contributed by atoms with Crippen LogP contribution in [0.15, 0.2) is 77.3 Å². The molecule has 0 radical (unpaired) electrons. The highest BCUT2D eigenvalue weighted by Gasteiger charge is 2.39. The van der Waals surface area contributed by atoms with E-state index in [-0.39, 0.29) is 17.9 Å². The Labute approximate surface area is 209 Å². The largest absolute Gasteiger partial charge is 0.337 e. The lowest BCUT2D eigenvalue weighted by Crippen LogP contribution is -2.43. The molecule has 1 aromatic carbocycles. The van der Waals surface area contributed by atoms with Gasteiger partial charge in [-0.1, -0.05) is 18.2 Å². The Bertz CT molecular complexity index is 1310. The van der Waals surface area contributed by atoms with Crippen molar-refractivity contribution in [3.63, 3.8) is 0 Å². The Hall–Kier alpha value is -4.44. The zero-order valence-electron chi connectivity index (χ0n) is 20.2. The van der Waals surface area contributed by atoms with Gasteiger partial charge in [-0.25, -0.2) is 15.8 Å². The fraction of sp³-hybridized carbons (Fsp3) is 0.231. The quantitative estimate of drug-likeness (QED) is 0.440. The van der Waals surface area contributed by atoms with Crippen molar-refractivity contribution in [2.45, 2.75) is 26.3 Å². The van der Waals surface area contributed by atoms with Gasteiger partial charge < -0.3 is 10.2 Å². The lowest BCUT2D eigenvalue weighted by molar-refractivity contribution is -0.125. The van der Waals surface area contributed by atoms with Crippen molar-refractivity contribution in [3.05, 3.63) is 89.0 Å². The second-order valence-corrected chi connectivity index (χ2v) is 8.87. The molecule has 3 aliphatic rings. The van der Waals surface area contributed by atoms with Crippen molar-refractivity contribution < 1.29 is 9.59 Å². The highest BCUT2D eigenvalue weighted by atomic mass is 16.2. The van der Waals surface area contributed by atoms with Crippen molar-refractivity contribution in [1.82, 2.24) is 25.3 Å². The summed E-state index contributed by atoms with van der Waals surface area (Å²) in [6, 6.07) is 11.1. The molecule has 4 N–H and O–H groups in total. The molecule has 1 aromatic heterocycles. The van der Waals surface area contributed by atoms with Crippen LogP contribution in [0.5, 0.6) is 0 Å². The van der Waals surface area contributed by atoms with Gasteiger partial charge in [0.1, 0.15) is 23.6 Å². The number of carbonyl (C=O) groups is 2. The molecule has 10 heteroatoms. The fourth-order valence-electron chi connectivity index (χ4n) is 4.57. The van der Waals surface area contributed by atoms with Gasteiger partial charge in [0.2, 0.25) is 5.91 Å². The summed E-state index contributed by atoms with van der Waals surface area (Å²) >= 11 is 0. The molecule has 0 aliphatic carbocycles. The number of nitrogens with two attached hydrogens (primary N) is 1. The Balaban J connectivity index is 1.36. The van der Waals surface area contributed by atoms with Crippen molar-refractivity contribution in [1.29, 1.82) is 0 Å². The minimum absolute atomic E-state index is 0.0124. The molecule has 5 rings (SSSR count). The number of nitrogens with one attached hydrogen (secondary N) is 2. The number of carbonyl (C=O) groups excluding carboxylic acids is 2. The third-order valence-electron chi connectivity index (χ3n) is 6.36. The molecule has 10 nitrogen and oxygen atoms in total. The molecule has 4 heterocycles. The smallest absolute Gasteiger partial charge is 0.256 e. The van der Waals surface area contributed by atoms with Crippen LogP contribution in [-0.2, 0) is 4.79 Å². The number of anilines is 1.